The first-order valence-electron chi connectivity index (χ1n) is 15.9. The van der Waals surface area contributed by atoms with E-state index in [2.05, 4.69) is 6.92 Å². The van der Waals surface area contributed by atoms with Crippen LogP contribution in [0.2, 0.25) is 5.02 Å². The smallest absolute Gasteiger partial charge is 0.145 e. The van der Waals surface area contributed by atoms with Crippen LogP contribution in [0.25, 0.3) is 0 Å². The number of unbranched alkanes of at least 4 members (excludes halogenated alkanes) is 4. The van der Waals surface area contributed by atoms with E-state index in [1.807, 2.05) is 0 Å². The third kappa shape index (κ3) is 8.97. The van der Waals surface area contributed by atoms with Gasteiger partial charge in [-0.25, -0.2) is 17.6 Å². The van der Waals surface area contributed by atoms with Crippen molar-refractivity contribution in [3.8, 4) is 0 Å². The van der Waals surface area contributed by atoms with E-state index in [0.29, 0.717) is 5.56 Å². The lowest BCUT2D eigenvalue weighted by Gasteiger charge is -2.32. The van der Waals surface area contributed by atoms with E-state index in [4.69, 9.17) is 11.6 Å². The van der Waals surface area contributed by atoms with Crippen molar-refractivity contribution in [2.75, 3.05) is 0 Å². The van der Waals surface area contributed by atoms with Gasteiger partial charge in [0, 0.05) is 5.56 Å². The van der Waals surface area contributed by atoms with Gasteiger partial charge in [0.25, 0.3) is 0 Å². The summed E-state index contributed by atoms with van der Waals surface area (Å²) >= 11 is 5.53. The average molecular weight is 579 g/mol. The number of aryl methyl sites for hydroxylation is 1. The molecule has 40 heavy (non-hydrogen) atoms. The molecule has 0 spiro atoms. The van der Waals surface area contributed by atoms with Crippen LogP contribution in [0.5, 0.6) is 0 Å². The summed E-state index contributed by atoms with van der Waals surface area (Å²) in [5, 5.41) is -0.564. The largest absolute Gasteiger partial charge is 0.207 e. The summed E-state index contributed by atoms with van der Waals surface area (Å²) in [5.41, 5.74) is 1.04. The van der Waals surface area contributed by atoms with Gasteiger partial charge >= 0.3 is 0 Å². The molecular formula is C35H47ClF4. The summed E-state index contributed by atoms with van der Waals surface area (Å²) in [6, 6.07) is 5.20. The maximum absolute atomic E-state index is 14.9. The molecule has 2 saturated carbocycles. The Bertz CT molecular complexity index is 1020. The fourth-order valence-corrected chi connectivity index (χ4v) is 7.33. The highest BCUT2D eigenvalue weighted by Gasteiger charge is 2.26. The highest BCUT2D eigenvalue weighted by atomic mass is 35.5. The highest BCUT2D eigenvalue weighted by molar-refractivity contribution is 6.30. The van der Waals surface area contributed by atoms with Crippen molar-refractivity contribution in [2.45, 2.75) is 128 Å². The molecule has 0 heterocycles. The summed E-state index contributed by atoms with van der Waals surface area (Å²) in [7, 11) is 0. The predicted molar refractivity (Wildman–Crippen MR) is 158 cm³/mol. The van der Waals surface area contributed by atoms with Gasteiger partial charge in [0.15, 0.2) is 0 Å². The molecule has 0 saturated heterocycles. The zero-order valence-corrected chi connectivity index (χ0v) is 25.0. The van der Waals surface area contributed by atoms with Gasteiger partial charge in [-0.1, -0.05) is 95.6 Å². The van der Waals surface area contributed by atoms with Crippen LogP contribution < -0.4 is 0 Å². The highest BCUT2D eigenvalue weighted by Crippen LogP contribution is 2.41. The van der Waals surface area contributed by atoms with Crippen molar-refractivity contribution < 1.29 is 17.6 Å². The normalized spacial score (nSPS) is 23.4. The molecule has 0 aliphatic heterocycles. The Hall–Kier alpha value is -1.55. The van der Waals surface area contributed by atoms with Crippen LogP contribution in [0.3, 0.4) is 0 Å². The van der Waals surface area contributed by atoms with Crippen molar-refractivity contribution >= 4 is 11.6 Å². The first kappa shape index (κ1) is 31.4. The van der Waals surface area contributed by atoms with E-state index >= 15 is 0 Å². The number of benzene rings is 2. The van der Waals surface area contributed by atoms with Gasteiger partial charge in [-0.3, -0.25) is 0 Å². The third-order valence-electron chi connectivity index (χ3n) is 9.85. The average Bonchev–Trinajstić information content (AvgIpc) is 2.95. The van der Waals surface area contributed by atoms with E-state index in [9.17, 15) is 17.6 Å². The molecule has 5 heteroatoms. The van der Waals surface area contributed by atoms with Crippen LogP contribution in [0.15, 0.2) is 24.3 Å². The van der Waals surface area contributed by atoms with Gasteiger partial charge in [-0.2, -0.15) is 0 Å². The molecule has 0 atom stereocenters. The number of halogens is 5. The summed E-state index contributed by atoms with van der Waals surface area (Å²) in [5.74, 6) is -0.0659. The minimum Gasteiger partial charge on any atom is -0.207 e. The van der Waals surface area contributed by atoms with Gasteiger partial charge in [-0.15, -0.1) is 0 Å². The number of hydrogen-bond donors (Lipinski definition) is 0. The molecule has 0 amide bonds. The number of hydrogen-bond acceptors (Lipinski definition) is 0. The van der Waals surface area contributed by atoms with Gasteiger partial charge in [0.05, 0.1) is 0 Å². The van der Waals surface area contributed by atoms with E-state index in [1.54, 1.807) is 0 Å². The molecule has 0 radical (unpaired) electrons. The molecule has 0 bridgehead atoms. The Labute approximate surface area is 244 Å². The van der Waals surface area contributed by atoms with Crippen molar-refractivity contribution in [1.29, 1.82) is 0 Å². The topological polar surface area (TPSA) is 0 Å². The first-order chi connectivity index (χ1) is 19.3. The second-order valence-corrected chi connectivity index (χ2v) is 13.1. The fraction of sp³-hybridized carbons (Fsp3) is 0.657. The van der Waals surface area contributed by atoms with E-state index in [1.165, 1.54) is 89.2 Å². The second kappa shape index (κ2) is 15.6. The van der Waals surface area contributed by atoms with Crippen molar-refractivity contribution in [3.05, 3.63) is 69.2 Å². The minimum atomic E-state index is -0.862. The van der Waals surface area contributed by atoms with E-state index < -0.39 is 28.3 Å². The van der Waals surface area contributed by atoms with Gasteiger partial charge < -0.3 is 0 Å². The van der Waals surface area contributed by atoms with Crippen LogP contribution in [0.1, 0.15) is 132 Å². The molecule has 2 aliphatic rings. The van der Waals surface area contributed by atoms with Gasteiger partial charge in [0.2, 0.25) is 0 Å². The second-order valence-electron chi connectivity index (χ2n) is 12.7. The third-order valence-corrected chi connectivity index (χ3v) is 10.2. The number of rotatable bonds is 13. The lowest BCUT2D eigenvalue weighted by Crippen LogP contribution is -2.18. The molecule has 0 aromatic heterocycles. The first-order valence-corrected chi connectivity index (χ1v) is 16.3. The Kier molecular flexibility index (Phi) is 12.3. The van der Waals surface area contributed by atoms with Crippen LogP contribution in [-0.4, -0.2) is 0 Å². The molecule has 2 aromatic carbocycles. The summed E-state index contributed by atoms with van der Waals surface area (Å²) < 4.78 is 57.3. The lowest BCUT2D eigenvalue weighted by atomic mass is 9.74. The summed E-state index contributed by atoms with van der Waals surface area (Å²) in [6.07, 6.45) is 21.1. The lowest BCUT2D eigenvalue weighted by molar-refractivity contribution is 0.222. The fourth-order valence-electron chi connectivity index (χ4n) is 7.22. The molecular weight excluding hydrogens is 532 g/mol. The molecule has 0 unspecified atom stereocenters. The van der Waals surface area contributed by atoms with E-state index in [0.717, 1.165) is 61.1 Å². The zero-order valence-electron chi connectivity index (χ0n) is 24.2. The maximum Gasteiger partial charge on any atom is 0.145 e. The Balaban J connectivity index is 1.18. The van der Waals surface area contributed by atoms with Gasteiger partial charge in [0.1, 0.15) is 28.3 Å². The minimum absolute atomic E-state index is 0.0283. The van der Waals surface area contributed by atoms with Crippen LogP contribution in [0, 0.1) is 41.0 Å². The molecule has 0 nitrogen and oxygen atoms in total. The molecule has 222 valence electrons. The predicted octanol–water partition coefficient (Wildman–Crippen LogP) is 11.9. The molecule has 2 aromatic rings. The van der Waals surface area contributed by atoms with E-state index in [-0.39, 0.29) is 24.3 Å². The monoisotopic (exact) mass is 578 g/mol. The Morgan fingerprint density at radius 3 is 1.65 bits per heavy atom. The zero-order chi connectivity index (χ0) is 28.5. The Morgan fingerprint density at radius 2 is 1.10 bits per heavy atom. The molecule has 2 aliphatic carbocycles. The maximum atomic E-state index is 14.9. The standard InChI is InChI=1S/C35H47ClF4/c1-2-3-4-5-6-7-24-8-10-25(11-9-24)12-13-26-14-17-28(18-15-26)29-22-31(37)30(32(38)23-29)19-16-27-20-33(39)35(36)34(40)21-27/h20-26,28H,2-19H2,1H3. The van der Waals surface area contributed by atoms with Crippen LogP contribution in [0.4, 0.5) is 17.6 Å². The molecule has 2 fully saturated rings. The quantitative estimate of drug-likeness (QED) is 0.126. The van der Waals surface area contributed by atoms with Gasteiger partial charge in [-0.05, 0) is 97.6 Å². The van der Waals surface area contributed by atoms with Crippen molar-refractivity contribution in [3.63, 3.8) is 0 Å². The SMILES string of the molecule is CCCCCCCC1CCC(CCC2CCC(c3cc(F)c(CCc4cc(F)c(Cl)c(F)c4)c(F)c3)CC2)CC1. The van der Waals surface area contributed by atoms with Crippen molar-refractivity contribution in [2.24, 2.45) is 17.8 Å². The summed E-state index contributed by atoms with van der Waals surface area (Å²) in [6.45, 7) is 2.28. The van der Waals surface area contributed by atoms with Crippen molar-refractivity contribution in [1.82, 2.24) is 0 Å². The van der Waals surface area contributed by atoms with Crippen LogP contribution in [-0.2, 0) is 12.8 Å². The molecule has 4 rings (SSSR count). The van der Waals surface area contributed by atoms with Crippen LogP contribution >= 0.6 is 11.6 Å². The molecule has 0 N–H and O–H groups in total. The Morgan fingerprint density at radius 1 is 0.600 bits per heavy atom. The summed E-state index contributed by atoms with van der Waals surface area (Å²) in [4.78, 5) is 0.